The van der Waals surface area contributed by atoms with Crippen LogP contribution in [0.2, 0.25) is 0 Å². The highest BCUT2D eigenvalue weighted by atomic mass is 14.9. The Bertz CT molecular complexity index is 736. The molecule has 3 heteroatoms. The Morgan fingerprint density at radius 2 is 1.11 bits per heavy atom. The Morgan fingerprint density at radius 3 is 1.61 bits per heavy atom. The first-order valence-electron chi connectivity index (χ1n) is 10.4. The van der Waals surface area contributed by atoms with Crippen molar-refractivity contribution in [3.63, 3.8) is 0 Å². The van der Waals surface area contributed by atoms with E-state index in [1.807, 2.05) is 6.20 Å². The van der Waals surface area contributed by atoms with Gasteiger partial charge in [0.1, 0.15) is 5.82 Å². The zero-order valence-corrected chi connectivity index (χ0v) is 19.6. The molecule has 2 aromatic rings. The second kappa shape index (κ2) is 7.57. The van der Waals surface area contributed by atoms with Crippen LogP contribution < -0.4 is 0 Å². The van der Waals surface area contributed by atoms with Crippen molar-refractivity contribution in [1.82, 2.24) is 15.0 Å². The van der Waals surface area contributed by atoms with E-state index < -0.39 is 0 Å². The summed E-state index contributed by atoms with van der Waals surface area (Å²) in [7, 11) is 0. The number of hydrogen-bond donors (Lipinski definition) is 0. The van der Waals surface area contributed by atoms with Crippen LogP contribution in [0.25, 0.3) is 0 Å². The van der Waals surface area contributed by atoms with E-state index in [0.29, 0.717) is 0 Å². The third-order valence-corrected chi connectivity index (χ3v) is 5.61. The molecule has 154 valence electrons. The lowest BCUT2D eigenvalue weighted by Crippen LogP contribution is -2.28. The average Bonchev–Trinajstić information content (AvgIpc) is 2.59. The van der Waals surface area contributed by atoms with Crippen LogP contribution in [0.15, 0.2) is 30.5 Å². The molecule has 0 amide bonds. The third-order valence-electron chi connectivity index (χ3n) is 5.61. The summed E-state index contributed by atoms with van der Waals surface area (Å²) >= 11 is 0. The van der Waals surface area contributed by atoms with Crippen LogP contribution in [-0.2, 0) is 21.7 Å². The maximum atomic E-state index is 5.01. The molecule has 0 fully saturated rings. The van der Waals surface area contributed by atoms with Crippen LogP contribution in [0.3, 0.4) is 0 Å². The second-order valence-electron chi connectivity index (χ2n) is 11.4. The summed E-state index contributed by atoms with van der Waals surface area (Å²) in [5.74, 6) is 0.914. The number of aromatic nitrogens is 3. The minimum atomic E-state index is -0.0390. The SMILES string of the molecule is CC(C)(C)c1cccc(C(C)(C)CCC(C)(C)c2ccnc(C(C)(C)C)n2)n1. The van der Waals surface area contributed by atoms with E-state index in [-0.39, 0.29) is 21.7 Å². The Kier molecular flexibility index (Phi) is 6.09. The molecule has 0 saturated heterocycles. The monoisotopic (exact) mass is 381 g/mol. The first-order valence-corrected chi connectivity index (χ1v) is 10.4. The van der Waals surface area contributed by atoms with Crippen LogP contribution in [-0.4, -0.2) is 15.0 Å². The summed E-state index contributed by atoms with van der Waals surface area (Å²) in [6.07, 6.45) is 4.00. The van der Waals surface area contributed by atoms with E-state index in [2.05, 4.69) is 98.5 Å². The quantitative estimate of drug-likeness (QED) is 0.593. The second-order valence-corrected chi connectivity index (χ2v) is 11.4. The number of hydrogen-bond acceptors (Lipinski definition) is 3. The van der Waals surface area contributed by atoms with Gasteiger partial charge in [-0.15, -0.1) is 0 Å². The van der Waals surface area contributed by atoms with Gasteiger partial charge < -0.3 is 0 Å². The fraction of sp³-hybridized carbons (Fsp3) is 0.640. The Morgan fingerprint density at radius 1 is 0.607 bits per heavy atom. The molecule has 0 bridgehead atoms. The molecule has 0 aliphatic rings. The maximum absolute atomic E-state index is 5.01. The molecule has 0 aliphatic heterocycles. The molecular formula is C25H39N3. The fourth-order valence-corrected chi connectivity index (χ4v) is 3.21. The summed E-state index contributed by atoms with van der Waals surface area (Å²) in [6.45, 7) is 22.3. The van der Waals surface area contributed by atoms with Crippen molar-refractivity contribution >= 4 is 0 Å². The predicted molar refractivity (Wildman–Crippen MR) is 119 cm³/mol. The van der Waals surface area contributed by atoms with E-state index in [1.165, 1.54) is 5.69 Å². The van der Waals surface area contributed by atoms with Crippen molar-refractivity contribution in [2.75, 3.05) is 0 Å². The third kappa shape index (κ3) is 5.40. The van der Waals surface area contributed by atoms with Crippen LogP contribution in [0.5, 0.6) is 0 Å². The summed E-state index contributed by atoms with van der Waals surface area (Å²) in [6, 6.07) is 8.53. The number of nitrogens with zero attached hydrogens (tertiary/aromatic N) is 3. The normalized spacial score (nSPS) is 13.6. The first-order chi connectivity index (χ1) is 12.6. The van der Waals surface area contributed by atoms with Crippen LogP contribution in [0.1, 0.15) is 105 Å². The highest BCUT2D eigenvalue weighted by Gasteiger charge is 2.30. The molecule has 0 saturated carbocycles. The lowest BCUT2D eigenvalue weighted by Gasteiger charge is -2.32. The van der Waals surface area contributed by atoms with Gasteiger partial charge in [0.15, 0.2) is 0 Å². The van der Waals surface area contributed by atoms with Crippen molar-refractivity contribution < 1.29 is 0 Å². The summed E-state index contributed by atoms with van der Waals surface area (Å²) in [4.78, 5) is 14.4. The van der Waals surface area contributed by atoms with Gasteiger partial charge in [-0.1, -0.05) is 75.3 Å². The average molecular weight is 382 g/mol. The number of rotatable bonds is 5. The van der Waals surface area contributed by atoms with Crippen molar-refractivity contribution in [3.8, 4) is 0 Å². The molecule has 0 radical (unpaired) electrons. The lowest BCUT2D eigenvalue weighted by molar-refractivity contribution is 0.359. The zero-order valence-electron chi connectivity index (χ0n) is 19.6. The van der Waals surface area contributed by atoms with E-state index in [9.17, 15) is 0 Å². The molecule has 2 rings (SSSR count). The largest absolute Gasteiger partial charge is 0.257 e. The van der Waals surface area contributed by atoms with Crippen LogP contribution in [0.4, 0.5) is 0 Å². The zero-order chi connectivity index (χ0) is 21.4. The topological polar surface area (TPSA) is 38.7 Å². The van der Waals surface area contributed by atoms with Gasteiger partial charge in [0.05, 0.1) is 0 Å². The standard InChI is InChI=1S/C25H39N3/c1-22(2,3)18-12-11-13-19(27-18)24(7,8)15-16-25(9,10)20-14-17-26-21(28-20)23(4,5)6/h11-14,17H,15-16H2,1-10H3. The van der Waals surface area contributed by atoms with Gasteiger partial charge in [0.2, 0.25) is 0 Å². The van der Waals surface area contributed by atoms with E-state index >= 15 is 0 Å². The van der Waals surface area contributed by atoms with Gasteiger partial charge in [-0.25, -0.2) is 9.97 Å². The molecule has 2 aromatic heterocycles. The van der Waals surface area contributed by atoms with Crippen molar-refractivity contribution in [3.05, 3.63) is 53.4 Å². The molecule has 0 unspecified atom stereocenters. The maximum Gasteiger partial charge on any atom is 0.133 e. The minimum absolute atomic E-state index is 0.0121. The highest BCUT2D eigenvalue weighted by molar-refractivity contribution is 5.23. The molecule has 3 nitrogen and oxygen atoms in total. The van der Waals surface area contributed by atoms with Gasteiger partial charge in [0.25, 0.3) is 0 Å². The van der Waals surface area contributed by atoms with E-state index in [0.717, 1.165) is 30.1 Å². The fourth-order valence-electron chi connectivity index (χ4n) is 3.21. The highest BCUT2D eigenvalue weighted by Crippen LogP contribution is 2.36. The first kappa shape index (κ1) is 22.5. The van der Waals surface area contributed by atoms with Gasteiger partial charge in [-0.2, -0.15) is 0 Å². The van der Waals surface area contributed by atoms with Gasteiger partial charge in [-0.05, 0) is 31.0 Å². The summed E-state index contributed by atoms with van der Waals surface area (Å²) in [5, 5.41) is 0. The molecule has 0 N–H and O–H groups in total. The molecule has 2 heterocycles. The smallest absolute Gasteiger partial charge is 0.133 e. The Balaban J connectivity index is 2.22. The molecule has 0 atom stereocenters. The molecule has 0 spiro atoms. The Hall–Kier alpha value is -1.77. The molecule has 28 heavy (non-hydrogen) atoms. The summed E-state index contributed by atoms with van der Waals surface area (Å²) < 4.78 is 0. The predicted octanol–water partition coefficient (Wildman–Crippen LogP) is 6.50. The van der Waals surface area contributed by atoms with Crippen LogP contribution in [0, 0.1) is 0 Å². The lowest BCUT2D eigenvalue weighted by atomic mass is 9.75. The van der Waals surface area contributed by atoms with Gasteiger partial charge >= 0.3 is 0 Å². The van der Waals surface area contributed by atoms with Crippen molar-refractivity contribution in [2.24, 2.45) is 0 Å². The van der Waals surface area contributed by atoms with Gasteiger partial charge in [-0.3, -0.25) is 4.98 Å². The van der Waals surface area contributed by atoms with E-state index in [4.69, 9.17) is 9.97 Å². The van der Waals surface area contributed by atoms with E-state index in [1.54, 1.807) is 0 Å². The minimum Gasteiger partial charge on any atom is -0.257 e. The molecule has 0 aliphatic carbocycles. The van der Waals surface area contributed by atoms with Crippen molar-refractivity contribution in [2.45, 2.75) is 104 Å². The summed E-state index contributed by atoms with van der Waals surface area (Å²) in [5.41, 5.74) is 3.48. The number of pyridine rings is 1. The molecule has 0 aromatic carbocycles. The van der Waals surface area contributed by atoms with Crippen LogP contribution >= 0.6 is 0 Å². The molecular weight excluding hydrogens is 342 g/mol. The van der Waals surface area contributed by atoms with Gasteiger partial charge in [0, 0.05) is 44.9 Å². The Labute approximate surface area is 172 Å². The van der Waals surface area contributed by atoms with Crippen molar-refractivity contribution in [1.29, 1.82) is 0 Å².